The smallest absolute Gasteiger partial charge is 0.124 e. The van der Waals surface area contributed by atoms with Gasteiger partial charge in [-0.05, 0) is 62.0 Å². The number of rotatable bonds is 6. The number of likely N-dealkylation sites (tertiary alicyclic amines) is 1. The van der Waals surface area contributed by atoms with Crippen molar-refractivity contribution in [3.63, 3.8) is 0 Å². The van der Waals surface area contributed by atoms with Crippen molar-refractivity contribution in [3.05, 3.63) is 34.1 Å². The van der Waals surface area contributed by atoms with E-state index in [-0.39, 0.29) is 5.82 Å². The zero-order valence-electron chi connectivity index (χ0n) is 13.0. The van der Waals surface area contributed by atoms with Gasteiger partial charge in [-0.2, -0.15) is 0 Å². The molecule has 118 valence electrons. The summed E-state index contributed by atoms with van der Waals surface area (Å²) in [6.07, 6.45) is 2.57. The summed E-state index contributed by atoms with van der Waals surface area (Å²) in [5.41, 5.74) is 1.17. The topological polar surface area (TPSA) is 15.3 Å². The molecule has 0 amide bonds. The zero-order chi connectivity index (χ0) is 15.2. The Morgan fingerprint density at radius 1 is 1.43 bits per heavy atom. The highest BCUT2D eigenvalue weighted by atomic mass is 79.9. The summed E-state index contributed by atoms with van der Waals surface area (Å²) in [4.78, 5) is 2.49. The van der Waals surface area contributed by atoms with E-state index in [0.29, 0.717) is 5.92 Å². The SMILES string of the molecule is CC(C)CNCC1CCCN(Cc2ccc(F)cc2Br)C1. The molecule has 1 aromatic rings. The van der Waals surface area contributed by atoms with Gasteiger partial charge in [0.25, 0.3) is 0 Å². The van der Waals surface area contributed by atoms with Crippen molar-refractivity contribution in [2.24, 2.45) is 11.8 Å². The van der Waals surface area contributed by atoms with Crippen LogP contribution in [0.1, 0.15) is 32.3 Å². The minimum absolute atomic E-state index is 0.181. The fraction of sp³-hybridized carbons (Fsp3) is 0.647. The number of nitrogens with one attached hydrogen (secondary N) is 1. The third kappa shape index (κ3) is 5.68. The average Bonchev–Trinajstić information content (AvgIpc) is 2.42. The number of hydrogen-bond donors (Lipinski definition) is 1. The maximum atomic E-state index is 13.1. The van der Waals surface area contributed by atoms with Crippen LogP contribution in [0, 0.1) is 17.7 Å². The molecular formula is C17H26BrFN2. The minimum atomic E-state index is -0.181. The first-order valence-electron chi connectivity index (χ1n) is 7.91. The molecule has 1 atom stereocenters. The van der Waals surface area contributed by atoms with Gasteiger partial charge in [0.2, 0.25) is 0 Å². The molecule has 0 bridgehead atoms. The van der Waals surface area contributed by atoms with Crippen LogP contribution < -0.4 is 5.32 Å². The normalized spacial score (nSPS) is 20.1. The second-order valence-electron chi connectivity index (χ2n) is 6.53. The lowest BCUT2D eigenvalue weighted by Crippen LogP contribution is -2.39. The highest BCUT2D eigenvalue weighted by molar-refractivity contribution is 9.10. The molecule has 1 heterocycles. The van der Waals surface area contributed by atoms with Crippen LogP contribution >= 0.6 is 15.9 Å². The van der Waals surface area contributed by atoms with Crippen molar-refractivity contribution >= 4 is 15.9 Å². The Labute approximate surface area is 136 Å². The molecule has 1 N–H and O–H groups in total. The van der Waals surface area contributed by atoms with Crippen LogP contribution in [0.4, 0.5) is 4.39 Å². The first-order chi connectivity index (χ1) is 10.0. The van der Waals surface area contributed by atoms with Crippen LogP contribution in [0.5, 0.6) is 0 Å². The highest BCUT2D eigenvalue weighted by Crippen LogP contribution is 2.23. The predicted molar refractivity (Wildman–Crippen MR) is 89.8 cm³/mol. The second-order valence-corrected chi connectivity index (χ2v) is 7.39. The molecule has 0 aliphatic carbocycles. The summed E-state index contributed by atoms with van der Waals surface area (Å²) >= 11 is 3.47. The van der Waals surface area contributed by atoms with Crippen molar-refractivity contribution in [2.75, 3.05) is 26.2 Å². The summed E-state index contributed by atoms with van der Waals surface area (Å²) in [5.74, 6) is 1.26. The fourth-order valence-corrected chi connectivity index (χ4v) is 3.40. The van der Waals surface area contributed by atoms with Gasteiger partial charge < -0.3 is 5.32 Å². The molecule has 0 aromatic heterocycles. The van der Waals surface area contributed by atoms with E-state index >= 15 is 0 Å². The van der Waals surface area contributed by atoms with Crippen molar-refractivity contribution < 1.29 is 4.39 Å². The van der Waals surface area contributed by atoms with Gasteiger partial charge in [0.1, 0.15) is 5.82 Å². The van der Waals surface area contributed by atoms with Gasteiger partial charge in [-0.1, -0.05) is 35.8 Å². The number of halogens is 2. The molecule has 2 nitrogen and oxygen atoms in total. The van der Waals surface area contributed by atoms with E-state index < -0.39 is 0 Å². The Hall–Kier alpha value is -0.450. The Morgan fingerprint density at radius 2 is 2.24 bits per heavy atom. The summed E-state index contributed by atoms with van der Waals surface area (Å²) in [5, 5.41) is 3.57. The lowest BCUT2D eigenvalue weighted by molar-refractivity contribution is 0.164. The Kier molecular flexibility index (Phi) is 6.65. The van der Waals surface area contributed by atoms with E-state index in [1.165, 1.54) is 18.4 Å². The molecule has 1 unspecified atom stereocenters. The van der Waals surface area contributed by atoms with Gasteiger partial charge in [-0.15, -0.1) is 0 Å². The average molecular weight is 357 g/mol. The largest absolute Gasteiger partial charge is 0.316 e. The molecule has 0 saturated carbocycles. The van der Waals surface area contributed by atoms with Crippen molar-refractivity contribution in [3.8, 4) is 0 Å². The number of nitrogens with zero attached hydrogens (tertiary/aromatic N) is 1. The van der Waals surface area contributed by atoms with Crippen LogP contribution in [0.25, 0.3) is 0 Å². The molecule has 1 aromatic carbocycles. The molecule has 2 rings (SSSR count). The van der Waals surface area contributed by atoms with E-state index in [1.807, 2.05) is 6.07 Å². The van der Waals surface area contributed by atoms with Crippen LogP contribution in [0.15, 0.2) is 22.7 Å². The summed E-state index contributed by atoms with van der Waals surface area (Å²) in [6, 6.07) is 4.99. The van der Waals surface area contributed by atoms with Crippen LogP contribution in [0.3, 0.4) is 0 Å². The Morgan fingerprint density at radius 3 is 2.95 bits per heavy atom. The predicted octanol–water partition coefficient (Wildman–Crippen LogP) is 4.05. The fourth-order valence-electron chi connectivity index (χ4n) is 2.93. The molecule has 4 heteroatoms. The highest BCUT2D eigenvalue weighted by Gasteiger charge is 2.20. The van der Waals surface area contributed by atoms with Crippen molar-refractivity contribution in [1.82, 2.24) is 10.2 Å². The van der Waals surface area contributed by atoms with Gasteiger partial charge in [-0.3, -0.25) is 4.90 Å². The molecule has 1 fully saturated rings. The number of piperidine rings is 1. The van der Waals surface area contributed by atoms with Gasteiger partial charge in [0, 0.05) is 17.6 Å². The maximum Gasteiger partial charge on any atom is 0.124 e. The maximum absolute atomic E-state index is 13.1. The second kappa shape index (κ2) is 8.25. The Balaban J connectivity index is 1.83. The van der Waals surface area contributed by atoms with E-state index in [0.717, 1.165) is 43.1 Å². The van der Waals surface area contributed by atoms with Crippen LogP contribution in [-0.4, -0.2) is 31.1 Å². The monoisotopic (exact) mass is 356 g/mol. The zero-order valence-corrected chi connectivity index (χ0v) is 14.6. The van der Waals surface area contributed by atoms with Crippen molar-refractivity contribution in [2.45, 2.75) is 33.2 Å². The minimum Gasteiger partial charge on any atom is -0.316 e. The Bertz CT molecular complexity index is 450. The molecule has 21 heavy (non-hydrogen) atoms. The van der Waals surface area contributed by atoms with Gasteiger partial charge >= 0.3 is 0 Å². The number of hydrogen-bond acceptors (Lipinski definition) is 2. The molecular weight excluding hydrogens is 331 g/mol. The summed E-state index contributed by atoms with van der Waals surface area (Å²) in [7, 11) is 0. The summed E-state index contributed by atoms with van der Waals surface area (Å²) < 4.78 is 14.0. The quantitative estimate of drug-likeness (QED) is 0.827. The summed E-state index contributed by atoms with van der Waals surface area (Å²) in [6.45, 7) is 9.87. The third-order valence-electron chi connectivity index (χ3n) is 4.00. The third-order valence-corrected chi connectivity index (χ3v) is 4.74. The van der Waals surface area contributed by atoms with Crippen LogP contribution in [0.2, 0.25) is 0 Å². The number of benzene rings is 1. The van der Waals surface area contributed by atoms with Gasteiger partial charge in [0.05, 0.1) is 0 Å². The molecule has 1 saturated heterocycles. The molecule has 0 radical (unpaired) electrons. The van der Waals surface area contributed by atoms with Crippen molar-refractivity contribution in [1.29, 1.82) is 0 Å². The lowest BCUT2D eigenvalue weighted by atomic mass is 9.97. The standard InChI is InChI=1S/C17H26BrFN2/c1-13(2)9-20-10-14-4-3-7-21(11-14)12-15-5-6-16(19)8-17(15)18/h5-6,8,13-14,20H,3-4,7,9-12H2,1-2H3. The van der Waals surface area contributed by atoms with Gasteiger partial charge in [-0.25, -0.2) is 4.39 Å². The van der Waals surface area contributed by atoms with Crippen LogP contribution in [-0.2, 0) is 6.54 Å². The molecule has 1 aliphatic rings. The van der Waals surface area contributed by atoms with Gasteiger partial charge in [0.15, 0.2) is 0 Å². The van der Waals surface area contributed by atoms with E-state index in [1.54, 1.807) is 12.1 Å². The first-order valence-corrected chi connectivity index (χ1v) is 8.71. The molecule has 1 aliphatic heterocycles. The van der Waals surface area contributed by atoms with E-state index in [2.05, 4.69) is 40.0 Å². The molecule has 0 spiro atoms. The first kappa shape index (κ1) is 16.9. The van der Waals surface area contributed by atoms with E-state index in [9.17, 15) is 4.39 Å². The lowest BCUT2D eigenvalue weighted by Gasteiger charge is -2.33. The van der Waals surface area contributed by atoms with E-state index in [4.69, 9.17) is 0 Å².